The van der Waals surface area contributed by atoms with Gasteiger partial charge in [0.15, 0.2) is 0 Å². The minimum absolute atomic E-state index is 0.0800. The summed E-state index contributed by atoms with van der Waals surface area (Å²) >= 11 is 0. The summed E-state index contributed by atoms with van der Waals surface area (Å²) in [5.41, 5.74) is 2.24. The van der Waals surface area contributed by atoms with Crippen LogP contribution in [0.25, 0.3) is 6.08 Å². The highest BCUT2D eigenvalue weighted by atomic mass is 16.2. The van der Waals surface area contributed by atoms with Crippen molar-refractivity contribution in [2.24, 2.45) is 0 Å². The smallest absolute Gasteiger partial charge is 0.237 e. The molecule has 2 amide bonds. The van der Waals surface area contributed by atoms with Gasteiger partial charge in [-0.05, 0) is 29.7 Å². The van der Waals surface area contributed by atoms with Gasteiger partial charge < -0.3 is 10.6 Å². The molecule has 1 fully saturated rings. The van der Waals surface area contributed by atoms with Gasteiger partial charge in [0, 0.05) is 38.6 Å². The largest absolute Gasteiger partial charge is 0.356 e. The van der Waals surface area contributed by atoms with Gasteiger partial charge >= 0.3 is 0 Å². The summed E-state index contributed by atoms with van der Waals surface area (Å²) in [6.07, 6.45) is 8.48. The predicted molar refractivity (Wildman–Crippen MR) is 109 cm³/mol. The molecule has 0 bridgehead atoms. The third-order valence-corrected chi connectivity index (χ3v) is 4.76. The Balaban J connectivity index is 1.49. The number of nitrogens with zero attached hydrogens (tertiary/aromatic N) is 2. The first-order chi connectivity index (χ1) is 13.7. The van der Waals surface area contributed by atoms with Gasteiger partial charge in [-0.25, -0.2) is 0 Å². The fourth-order valence-electron chi connectivity index (χ4n) is 3.23. The van der Waals surface area contributed by atoms with Gasteiger partial charge in [-0.15, -0.1) is 0 Å². The van der Waals surface area contributed by atoms with Gasteiger partial charge in [0.2, 0.25) is 11.8 Å². The minimum atomic E-state index is -0.435. The normalized spacial score (nSPS) is 17.4. The van der Waals surface area contributed by atoms with E-state index < -0.39 is 6.04 Å². The second-order valence-corrected chi connectivity index (χ2v) is 6.77. The van der Waals surface area contributed by atoms with Crippen molar-refractivity contribution in [2.45, 2.75) is 18.9 Å². The molecule has 0 aliphatic carbocycles. The highest BCUT2D eigenvalue weighted by Crippen LogP contribution is 2.10. The molecule has 1 unspecified atom stereocenters. The number of amides is 2. The molecule has 2 heterocycles. The van der Waals surface area contributed by atoms with Crippen molar-refractivity contribution in [1.82, 2.24) is 20.5 Å². The number of nitrogens with one attached hydrogen (secondary N) is 2. The number of piperazine rings is 1. The summed E-state index contributed by atoms with van der Waals surface area (Å²) < 4.78 is 0. The highest BCUT2D eigenvalue weighted by molar-refractivity contribution is 5.88. The van der Waals surface area contributed by atoms with E-state index in [1.165, 1.54) is 0 Å². The Kier molecular flexibility index (Phi) is 7.32. The Labute approximate surface area is 165 Å². The summed E-state index contributed by atoms with van der Waals surface area (Å²) in [7, 11) is 0. The van der Waals surface area contributed by atoms with Crippen molar-refractivity contribution in [3.05, 3.63) is 72.1 Å². The number of hydrogen-bond acceptors (Lipinski definition) is 4. The van der Waals surface area contributed by atoms with Gasteiger partial charge in [0.1, 0.15) is 0 Å². The Bertz CT molecular complexity index is 793. The van der Waals surface area contributed by atoms with Crippen LogP contribution in [-0.2, 0) is 16.0 Å². The van der Waals surface area contributed by atoms with E-state index in [-0.39, 0.29) is 18.2 Å². The van der Waals surface area contributed by atoms with E-state index in [0.717, 1.165) is 24.1 Å². The average Bonchev–Trinajstić information content (AvgIpc) is 2.72. The van der Waals surface area contributed by atoms with E-state index in [1.54, 1.807) is 12.4 Å². The van der Waals surface area contributed by atoms with Crippen LogP contribution >= 0.6 is 0 Å². The van der Waals surface area contributed by atoms with Crippen molar-refractivity contribution < 1.29 is 9.59 Å². The lowest BCUT2D eigenvalue weighted by molar-refractivity contribution is -0.133. The number of carbonyl (C=O) groups is 2. The summed E-state index contributed by atoms with van der Waals surface area (Å²) in [4.78, 5) is 30.7. The molecule has 6 nitrogen and oxygen atoms in total. The lowest BCUT2D eigenvalue weighted by Crippen LogP contribution is -2.56. The zero-order valence-corrected chi connectivity index (χ0v) is 15.9. The Morgan fingerprint density at radius 1 is 1.21 bits per heavy atom. The van der Waals surface area contributed by atoms with Gasteiger partial charge in [-0.3, -0.25) is 19.5 Å². The van der Waals surface area contributed by atoms with Crippen molar-refractivity contribution in [2.75, 3.05) is 26.2 Å². The molecule has 146 valence electrons. The zero-order valence-electron chi connectivity index (χ0n) is 15.9. The quantitative estimate of drug-likeness (QED) is 0.732. The summed E-state index contributed by atoms with van der Waals surface area (Å²) in [5.74, 6) is -0.184. The van der Waals surface area contributed by atoms with Crippen molar-refractivity contribution >= 4 is 17.9 Å². The van der Waals surface area contributed by atoms with Crippen LogP contribution < -0.4 is 10.6 Å². The second kappa shape index (κ2) is 10.4. The maximum absolute atomic E-state index is 12.3. The average molecular weight is 378 g/mol. The first-order valence-electron chi connectivity index (χ1n) is 9.61. The van der Waals surface area contributed by atoms with Crippen LogP contribution in [-0.4, -0.2) is 53.9 Å². The lowest BCUT2D eigenvalue weighted by atomic mass is 10.1. The molecule has 1 aliphatic rings. The highest BCUT2D eigenvalue weighted by Gasteiger charge is 2.30. The Morgan fingerprint density at radius 3 is 2.79 bits per heavy atom. The molecule has 1 saturated heterocycles. The van der Waals surface area contributed by atoms with Crippen LogP contribution in [0.1, 0.15) is 17.5 Å². The summed E-state index contributed by atoms with van der Waals surface area (Å²) in [5, 5.41) is 5.78. The lowest BCUT2D eigenvalue weighted by Gasteiger charge is -2.33. The third kappa shape index (κ3) is 6.03. The molecular weight excluding hydrogens is 352 g/mol. The van der Waals surface area contributed by atoms with E-state index in [9.17, 15) is 9.59 Å². The first kappa shape index (κ1) is 19.8. The standard InChI is InChI=1S/C22H26N4O2/c27-21(24-13-10-19-8-11-23-12-9-19)17-20-22(28)25-14-16-26(20)15-4-7-18-5-2-1-3-6-18/h1-9,11-12,20H,10,13-17H2,(H,24,27)(H,25,28)/b7-4+. The molecule has 0 radical (unpaired) electrons. The first-order valence-corrected chi connectivity index (χ1v) is 9.61. The van der Waals surface area contributed by atoms with Crippen molar-refractivity contribution in [3.63, 3.8) is 0 Å². The molecule has 2 N–H and O–H groups in total. The van der Waals surface area contributed by atoms with E-state index in [2.05, 4.69) is 20.5 Å². The van der Waals surface area contributed by atoms with Crippen molar-refractivity contribution in [3.8, 4) is 0 Å². The number of carbonyl (C=O) groups excluding carboxylic acids is 2. The summed E-state index contributed by atoms with van der Waals surface area (Å²) in [6.45, 7) is 2.53. The van der Waals surface area contributed by atoms with Crippen LogP contribution in [0.5, 0.6) is 0 Å². The Morgan fingerprint density at radius 2 is 2.00 bits per heavy atom. The predicted octanol–water partition coefficient (Wildman–Crippen LogP) is 1.64. The maximum atomic E-state index is 12.3. The SMILES string of the molecule is O=C(CC1C(=O)NCCN1C/C=C/c1ccccc1)NCCc1ccncc1. The molecule has 2 aromatic rings. The molecule has 28 heavy (non-hydrogen) atoms. The maximum Gasteiger partial charge on any atom is 0.237 e. The number of pyridine rings is 1. The number of benzene rings is 1. The molecule has 1 atom stereocenters. The molecular formula is C22H26N4O2. The number of hydrogen-bond donors (Lipinski definition) is 2. The van der Waals surface area contributed by atoms with Gasteiger partial charge in [-0.1, -0.05) is 42.5 Å². The third-order valence-electron chi connectivity index (χ3n) is 4.76. The fourth-order valence-corrected chi connectivity index (χ4v) is 3.23. The van der Waals surface area contributed by atoms with Crippen LogP contribution in [0.3, 0.4) is 0 Å². The zero-order chi connectivity index (χ0) is 19.6. The van der Waals surface area contributed by atoms with Gasteiger partial charge in [0.05, 0.1) is 12.5 Å². The van der Waals surface area contributed by atoms with Crippen molar-refractivity contribution in [1.29, 1.82) is 0 Å². The molecule has 1 aromatic carbocycles. The van der Waals surface area contributed by atoms with Gasteiger partial charge in [-0.2, -0.15) is 0 Å². The molecule has 0 spiro atoms. The molecule has 1 aromatic heterocycles. The monoisotopic (exact) mass is 378 g/mol. The minimum Gasteiger partial charge on any atom is -0.356 e. The number of rotatable bonds is 8. The van der Waals surface area contributed by atoms with E-state index in [0.29, 0.717) is 19.6 Å². The molecule has 3 rings (SSSR count). The van der Waals surface area contributed by atoms with Crippen LogP contribution in [0.15, 0.2) is 60.9 Å². The van der Waals surface area contributed by atoms with Crippen LogP contribution in [0, 0.1) is 0 Å². The molecule has 6 heteroatoms. The fraction of sp³-hybridized carbons (Fsp3) is 0.318. The van der Waals surface area contributed by atoms with E-state index >= 15 is 0 Å². The number of aromatic nitrogens is 1. The molecule has 1 aliphatic heterocycles. The Hall–Kier alpha value is -2.99. The van der Waals surface area contributed by atoms with Crippen LogP contribution in [0.4, 0.5) is 0 Å². The molecule has 0 saturated carbocycles. The topological polar surface area (TPSA) is 74.3 Å². The van der Waals surface area contributed by atoms with Crippen LogP contribution in [0.2, 0.25) is 0 Å². The van der Waals surface area contributed by atoms with Gasteiger partial charge in [0.25, 0.3) is 0 Å². The van der Waals surface area contributed by atoms with E-state index in [4.69, 9.17) is 0 Å². The summed E-state index contributed by atoms with van der Waals surface area (Å²) in [6, 6.07) is 13.5. The second-order valence-electron chi connectivity index (χ2n) is 6.77. The van der Waals surface area contributed by atoms with E-state index in [1.807, 2.05) is 54.6 Å².